The number of aromatic hydroxyl groups is 1. The SMILES string of the molecule is CCC(C)C(C(=O)NCCc1ccc(O)cc1)n1cnnn1. The molecule has 0 bridgehead atoms. The first-order valence-electron chi connectivity index (χ1n) is 7.40. The Kier molecular flexibility index (Phi) is 5.46. The topological polar surface area (TPSA) is 92.9 Å². The minimum atomic E-state index is -0.403. The number of phenols is 1. The molecular weight excluding hydrogens is 282 g/mol. The molecular formula is C15H21N5O2. The van der Waals surface area contributed by atoms with Gasteiger partial charge in [-0.05, 0) is 40.5 Å². The minimum absolute atomic E-state index is 0.0829. The summed E-state index contributed by atoms with van der Waals surface area (Å²) in [6, 6.07) is 6.56. The van der Waals surface area contributed by atoms with Crippen LogP contribution in [0.5, 0.6) is 5.75 Å². The van der Waals surface area contributed by atoms with Crippen molar-refractivity contribution in [2.45, 2.75) is 32.7 Å². The predicted molar refractivity (Wildman–Crippen MR) is 81.1 cm³/mol. The van der Waals surface area contributed by atoms with Gasteiger partial charge in [0.15, 0.2) is 0 Å². The molecule has 118 valence electrons. The van der Waals surface area contributed by atoms with Crippen LogP contribution in [-0.4, -0.2) is 37.8 Å². The van der Waals surface area contributed by atoms with E-state index in [0.717, 1.165) is 12.0 Å². The van der Waals surface area contributed by atoms with E-state index in [4.69, 9.17) is 0 Å². The van der Waals surface area contributed by atoms with Gasteiger partial charge in [-0.25, -0.2) is 4.68 Å². The number of amides is 1. The third kappa shape index (κ3) is 4.03. The van der Waals surface area contributed by atoms with E-state index in [0.29, 0.717) is 13.0 Å². The molecule has 1 aromatic heterocycles. The standard InChI is InChI=1S/C15H21N5O2/c1-3-11(2)14(20-10-17-18-19-20)15(22)16-9-8-12-4-6-13(21)7-5-12/h4-7,10-11,14,21H,3,8-9H2,1-2H3,(H,16,22). The van der Waals surface area contributed by atoms with Crippen molar-refractivity contribution in [1.29, 1.82) is 0 Å². The van der Waals surface area contributed by atoms with Gasteiger partial charge >= 0.3 is 0 Å². The number of hydrogen-bond acceptors (Lipinski definition) is 5. The number of nitrogens with one attached hydrogen (secondary N) is 1. The monoisotopic (exact) mass is 303 g/mol. The lowest BCUT2D eigenvalue weighted by molar-refractivity contribution is -0.126. The molecule has 0 fully saturated rings. The van der Waals surface area contributed by atoms with Crippen LogP contribution in [-0.2, 0) is 11.2 Å². The average Bonchev–Trinajstić information content (AvgIpc) is 3.03. The van der Waals surface area contributed by atoms with E-state index in [2.05, 4.69) is 20.8 Å². The third-order valence-corrected chi connectivity index (χ3v) is 3.75. The summed E-state index contributed by atoms with van der Waals surface area (Å²) in [4.78, 5) is 12.4. The molecule has 0 radical (unpaired) electrons. The van der Waals surface area contributed by atoms with Crippen LogP contribution >= 0.6 is 0 Å². The lowest BCUT2D eigenvalue weighted by atomic mass is 9.98. The minimum Gasteiger partial charge on any atom is -0.508 e. The van der Waals surface area contributed by atoms with E-state index in [-0.39, 0.29) is 17.6 Å². The van der Waals surface area contributed by atoms with Crippen LogP contribution in [0.4, 0.5) is 0 Å². The maximum atomic E-state index is 12.4. The van der Waals surface area contributed by atoms with Gasteiger partial charge in [-0.1, -0.05) is 32.4 Å². The molecule has 2 aromatic rings. The molecule has 1 amide bonds. The van der Waals surface area contributed by atoms with E-state index in [9.17, 15) is 9.90 Å². The van der Waals surface area contributed by atoms with Gasteiger partial charge in [0.05, 0.1) is 0 Å². The van der Waals surface area contributed by atoms with Gasteiger partial charge in [0.1, 0.15) is 18.1 Å². The first kappa shape index (κ1) is 15.9. The third-order valence-electron chi connectivity index (χ3n) is 3.75. The fraction of sp³-hybridized carbons (Fsp3) is 0.467. The molecule has 2 rings (SSSR count). The van der Waals surface area contributed by atoms with Crippen LogP contribution in [0.3, 0.4) is 0 Å². The molecule has 7 nitrogen and oxygen atoms in total. The molecule has 7 heteroatoms. The maximum absolute atomic E-state index is 12.4. The van der Waals surface area contributed by atoms with Crippen molar-refractivity contribution in [1.82, 2.24) is 25.5 Å². The van der Waals surface area contributed by atoms with Crippen molar-refractivity contribution in [2.24, 2.45) is 5.92 Å². The highest BCUT2D eigenvalue weighted by Gasteiger charge is 2.26. The first-order valence-corrected chi connectivity index (χ1v) is 7.40. The Labute approximate surface area is 129 Å². The summed E-state index contributed by atoms with van der Waals surface area (Å²) in [6.07, 6.45) is 3.03. The summed E-state index contributed by atoms with van der Waals surface area (Å²) in [6.45, 7) is 4.57. The number of benzene rings is 1. The lowest BCUT2D eigenvalue weighted by Crippen LogP contribution is -2.37. The van der Waals surface area contributed by atoms with Crippen LogP contribution in [0.15, 0.2) is 30.6 Å². The molecule has 2 unspecified atom stereocenters. The smallest absolute Gasteiger partial charge is 0.245 e. The van der Waals surface area contributed by atoms with Crippen molar-refractivity contribution in [2.75, 3.05) is 6.54 Å². The Morgan fingerprint density at radius 1 is 1.36 bits per heavy atom. The van der Waals surface area contributed by atoms with Crippen LogP contribution in [0.1, 0.15) is 31.9 Å². The molecule has 22 heavy (non-hydrogen) atoms. The van der Waals surface area contributed by atoms with Gasteiger partial charge < -0.3 is 10.4 Å². The van der Waals surface area contributed by atoms with Gasteiger partial charge in [0.2, 0.25) is 5.91 Å². The normalized spacial score (nSPS) is 13.5. The molecule has 0 saturated heterocycles. The van der Waals surface area contributed by atoms with Crippen molar-refractivity contribution in [3.63, 3.8) is 0 Å². The molecule has 0 saturated carbocycles. The Balaban J connectivity index is 1.92. The van der Waals surface area contributed by atoms with Crippen LogP contribution in [0.2, 0.25) is 0 Å². The zero-order chi connectivity index (χ0) is 15.9. The van der Waals surface area contributed by atoms with E-state index in [1.807, 2.05) is 26.0 Å². The molecule has 0 aliphatic heterocycles. The second-order valence-electron chi connectivity index (χ2n) is 5.33. The second kappa shape index (κ2) is 7.53. The summed E-state index contributed by atoms with van der Waals surface area (Å²) in [5.74, 6) is 0.293. The highest BCUT2D eigenvalue weighted by Crippen LogP contribution is 2.19. The summed E-state index contributed by atoms with van der Waals surface area (Å²) < 4.78 is 1.50. The Morgan fingerprint density at radius 3 is 2.68 bits per heavy atom. The number of carbonyl (C=O) groups is 1. The first-order chi connectivity index (χ1) is 10.6. The highest BCUT2D eigenvalue weighted by molar-refractivity contribution is 5.80. The Morgan fingerprint density at radius 2 is 2.09 bits per heavy atom. The van der Waals surface area contributed by atoms with Crippen LogP contribution in [0, 0.1) is 5.92 Å². The zero-order valence-electron chi connectivity index (χ0n) is 12.8. The number of nitrogens with zero attached hydrogens (tertiary/aromatic N) is 4. The fourth-order valence-electron chi connectivity index (χ4n) is 2.26. The highest BCUT2D eigenvalue weighted by atomic mass is 16.3. The van der Waals surface area contributed by atoms with Crippen molar-refractivity contribution < 1.29 is 9.90 Å². The number of tetrazole rings is 1. The summed E-state index contributed by atoms with van der Waals surface area (Å²) in [7, 11) is 0. The summed E-state index contributed by atoms with van der Waals surface area (Å²) in [5, 5.41) is 23.2. The van der Waals surface area contributed by atoms with E-state index < -0.39 is 6.04 Å². The van der Waals surface area contributed by atoms with Gasteiger partial charge in [0.25, 0.3) is 0 Å². The summed E-state index contributed by atoms with van der Waals surface area (Å²) in [5.41, 5.74) is 1.06. The van der Waals surface area contributed by atoms with E-state index in [1.165, 1.54) is 11.0 Å². The molecule has 1 heterocycles. The summed E-state index contributed by atoms with van der Waals surface area (Å²) >= 11 is 0. The second-order valence-corrected chi connectivity index (χ2v) is 5.33. The average molecular weight is 303 g/mol. The molecule has 0 spiro atoms. The molecule has 0 aliphatic carbocycles. The number of hydrogen-bond donors (Lipinski definition) is 2. The zero-order valence-corrected chi connectivity index (χ0v) is 12.8. The van der Waals surface area contributed by atoms with Crippen molar-refractivity contribution in [3.8, 4) is 5.75 Å². The van der Waals surface area contributed by atoms with Gasteiger partial charge in [-0.15, -0.1) is 5.10 Å². The van der Waals surface area contributed by atoms with Gasteiger partial charge in [0, 0.05) is 6.54 Å². The van der Waals surface area contributed by atoms with Gasteiger partial charge in [-0.2, -0.15) is 0 Å². The van der Waals surface area contributed by atoms with E-state index in [1.54, 1.807) is 12.1 Å². The lowest BCUT2D eigenvalue weighted by Gasteiger charge is -2.21. The molecule has 0 aliphatic rings. The number of aromatic nitrogens is 4. The largest absolute Gasteiger partial charge is 0.508 e. The maximum Gasteiger partial charge on any atom is 0.245 e. The van der Waals surface area contributed by atoms with Crippen molar-refractivity contribution >= 4 is 5.91 Å². The molecule has 2 atom stereocenters. The number of carbonyl (C=O) groups excluding carboxylic acids is 1. The Hall–Kier alpha value is -2.44. The van der Waals surface area contributed by atoms with Crippen LogP contribution in [0.25, 0.3) is 0 Å². The fourth-order valence-corrected chi connectivity index (χ4v) is 2.26. The van der Waals surface area contributed by atoms with Crippen LogP contribution < -0.4 is 5.32 Å². The van der Waals surface area contributed by atoms with E-state index >= 15 is 0 Å². The quantitative estimate of drug-likeness (QED) is 0.805. The van der Waals surface area contributed by atoms with Crippen molar-refractivity contribution in [3.05, 3.63) is 36.2 Å². The number of rotatable bonds is 7. The number of phenolic OH excluding ortho intramolecular Hbond substituents is 1. The predicted octanol–water partition coefficient (Wildman–Crippen LogP) is 1.32. The Bertz CT molecular complexity index is 582. The molecule has 1 aromatic carbocycles. The molecule has 2 N–H and O–H groups in total. The van der Waals surface area contributed by atoms with Gasteiger partial charge in [-0.3, -0.25) is 4.79 Å².